The molecular weight excluding hydrogens is 414 g/mol. The van der Waals surface area contributed by atoms with E-state index < -0.39 is 27.8 Å². The highest BCUT2D eigenvalue weighted by Gasteiger charge is 2.26. The van der Waals surface area contributed by atoms with Gasteiger partial charge in [-0.3, -0.25) is 4.79 Å². The lowest BCUT2D eigenvalue weighted by molar-refractivity contribution is -0.125. The summed E-state index contributed by atoms with van der Waals surface area (Å²) in [7, 11) is -3.18. The number of rotatable bonds is 7. The van der Waals surface area contributed by atoms with Gasteiger partial charge in [0.25, 0.3) is 5.91 Å². The smallest absolute Gasteiger partial charge is 0.339 e. The summed E-state index contributed by atoms with van der Waals surface area (Å²) in [5.41, 5.74) is 2.98. The van der Waals surface area contributed by atoms with Crippen LogP contribution in [0.3, 0.4) is 0 Å². The van der Waals surface area contributed by atoms with Crippen molar-refractivity contribution >= 4 is 27.4 Å². The van der Waals surface area contributed by atoms with Gasteiger partial charge in [-0.1, -0.05) is 60.2 Å². The first-order valence-electron chi connectivity index (χ1n) is 9.61. The number of sulfone groups is 1. The van der Waals surface area contributed by atoms with Crippen molar-refractivity contribution in [2.45, 2.75) is 18.8 Å². The SMILES string of the molecule is Cc1ccc(NC(=O)C(OC(=O)c2ccc(CS(C)(=O)=O)cc2)c2ccccc2)cc1. The second kappa shape index (κ2) is 9.57. The van der Waals surface area contributed by atoms with Crippen molar-refractivity contribution in [3.05, 3.63) is 101 Å². The molecule has 6 nitrogen and oxygen atoms in total. The van der Waals surface area contributed by atoms with E-state index in [-0.39, 0.29) is 11.3 Å². The minimum absolute atomic E-state index is 0.117. The van der Waals surface area contributed by atoms with Crippen LogP contribution in [0.4, 0.5) is 5.69 Å². The van der Waals surface area contributed by atoms with Crippen LogP contribution in [0.2, 0.25) is 0 Å². The van der Waals surface area contributed by atoms with Crippen molar-refractivity contribution in [1.29, 1.82) is 0 Å². The average molecular weight is 438 g/mol. The quantitative estimate of drug-likeness (QED) is 0.563. The monoisotopic (exact) mass is 437 g/mol. The van der Waals surface area contributed by atoms with E-state index in [0.29, 0.717) is 16.8 Å². The molecule has 3 aromatic carbocycles. The van der Waals surface area contributed by atoms with E-state index in [1.807, 2.05) is 19.1 Å². The van der Waals surface area contributed by atoms with Crippen LogP contribution in [0, 0.1) is 6.92 Å². The Bertz CT molecular complexity index is 1150. The molecule has 1 atom stereocenters. The zero-order chi connectivity index (χ0) is 22.4. The third-order valence-corrected chi connectivity index (χ3v) is 5.36. The lowest BCUT2D eigenvalue weighted by Gasteiger charge is -2.18. The third-order valence-electron chi connectivity index (χ3n) is 4.50. The molecule has 3 aromatic rings. The lowest BCUT2D eigenvalue weighted by Crippen LogP contribution is -2.26. The summed E-state index contributed by atoms with van der Waals surface area (Å²) in [5.74, 6) is -1.27. The van der Waals surface area contributed by atoms with Crippen molar-refractivity contribution in [2.75, 3.05) is 11.6 Å². The summed E-state index contributed by atoms with van der Waals surface area (Å²) in [4.78, 5) is 25.6. The molecule has 7 heteroatoms. The number of anilines is 1. The molecule has 0 aliphatic rings. The number of benzene rings is 3. The van der Waals surface area contributed by atoms with Gasteiger partial charge in [0.2, 0.25) is 6.10 Å². The van der Waals surface area contributed by atoms with Crippen LogP contribution >= 0.6 is 0 Å². The number of carbonyl (C=O) groups is 2. The van der Waals surface area contributed by atoms with Gasteiger partial charge in [0.05, 0.1) is 11.3 Å². The summed E-state index contributed by atoms with van der Waals surface area (Å²) in [6.45, 7) is 1.95. The van der Waals surface area contributed by atoms with Gasteiger partial charge in [0, 0.05) is 17.5 Å². The highest BCUT2D eigenvalue weighted by Crippen LogP contribution is 2.22. The van der Waals surface area contributed by atoms with Gasteiger partial charge >= 0.3 is 5.97 Å². The topological polar surface area (TPSA) is 89.5 Å². The Hall–Kier alpha value is -3.45. The Labute approximate surface area is 181 Å². The van der Waals surface area contributed by atoms with Crippen molar-refractivity contribution in [2.24, 2.45) is 0 Å². The number of aryl methyl sites for hydroxylation is 1. The minimum atomic E-state index is -3.18. The number of nitrogens with one attached hydrogen (secondary N) is 1. The molecule has 1 unspecified atom stereocenters. The highest BCUT2D eigenvalue weighted by molar-refractivity contribution is 7.89. The van der Waals surface area contributed by atoms with Crippen LogP contribution in [0.15, 0.2) is 78.9 Å². The summed E-state index contributed by atoms with van der Waals surface area (Å²) in [5, 5.41) is 2.78. The molecule has 0 saturated heterocycles. The van der Waals surface area contributed by atoms with E-state index in [9.17, 15) is 18.0 Å². The first kappa shape index (κ1) is 22.2. The van der Waals surface area contributed by atoms with Gasteiger partial charge in [-0.15, -0.1) is 0 Å². The summed E-state index contributed by atoms with van der Waals surface area (Å²) < 4.78 is 28.4. The van der Waals surface area contributed by atoms with Gasteiger partial charge in [0.1, 0.15) is 0 Å². The lowest BCUT2D eigenvalue weighted by atomic mass is 10.1. The molecule has 0 aliphatic carbocycles. The largest absolute Gasteiger partial charge is 0.444 e. The average Bonchev–Trinajstić information content (AvgIpc) is 2.73. The van der Waals surface area contributed by atoms with E-state index in [1.165, 1.54) is 12.1 Å². The van der Waals surface area contributed by atoms with Crippen molar-refractivity contribution in [3.8, 4) is 0 Å². The van der Waals surface area contributed by atoms with Crippen molar-refractivity contribution in [1.82, 2.24) is 0 Å². The molecule has 0 saturated carbocycles. The second-order valence-corrected chi connectivity index (χ2v) is 9.46. The molecule has 0 radical (unpaired) electrons. The van der Waals surface area contributed by atoms with E-state index in [2.05, 4.69) is 5.32 Å². The van der Waals surface area contributed by atoms with Crippen LogP contribution in [0.5, 0.6) is 0 Å². The maximum Gasteiger partial charge on any atom is 0.339 e. The molecule has 0 aromatic heterocycles. The Morgan fingerprint density at radius 2 is 1.52 bits per heavy atom. The van der Waals surface area contributed by atoms with Crippen molar-refractivity contribution in [3.63, 3.8) is 0 Å². The van der Waals surface area contributed by atoms with Crippen LogP contribution in [-0.2, 0) is 25.1 Å². The maximum absolute atomic E-state index is 12.9. The molecule has 3 rings (SSSR count). The molecule has 0 heterocycles. The third kappa shape index (κ3) is 6.52. The molecule has 31 heavy (non-hydrogen) atoms. The zero-order valence-corrected chi connectivity index (χ0v) is 18.1. The van der Waals surface area contributed by atoms with Gasteiger partial charge in [-0.2, -0.15) is 0 Å². The standard InChI is InChI=1S/C24H23NO5S/c1-17-8-14-21(15-9-17)25-23(26)22(19-6-4-3-5-7-19)30-24(27)20-12-10-18(11-13-20)16-31(2,28)29/h3-15,22H,16H2,1-2H3,(H,25,26). The zero-order valence-electron chi connectivity index (χ0n) is 17.2. The minimum Gasteiger partial charge on any atom is -0.444 e. The fraction of sp³-hybridized carbons (Fsp3) is 0.167. The number of amides is 1. The molecular formula is C24H23NO5S. The normalized spacial score (nSPS) is 12.1. The van der Waals surface area contributed by atoms with E-state index >= 15 is 0 Å². The second-order valence-electron chi connectivity index (χ2n) is 7.32. The maximum atomic E-state index is 12.9. The summed E-state index contributed by atoms with van der Waals surface area (Å²) >= 11 is 0. The number of ether oxygens (including phenoxy) is 1. The first-order chi connectivity index (χ1) is 14.7. The highest BCUT2D eigenvalue weighted by atomic mass is 32.2. The fourth-order valence-corrected chi connectivity index (χ4v) is 3.76. The number of esters is 1. The number of hydrogen-bond donors (Lipinski definition) is 1. The molecule has 0 spiro atoms. The van der Waals surface area contributed by atoms with Crippen LogP contribution in [-0.4, -0.2) is 26.6 Å². The molecule has 0 bridgehead atoms. The Balaban J connectivity index is 1.79. The predicted octanol–water partition coefficient (Wildman–Crippen LogP) is 4.08. The van der Waals surface area contributed by atoms with Crippen molar-refractivity contribution < 1.29 is 22.7 Å². The predicted molar refractivity (Wildman–Crippen MR) is 119 cm³/mol. The molecule has 0 aliphatic heterocycles. The van der Waals surface area contributed by atoms with Crippen LogP contribution < -0.4 is 5.32 Å². The van der Waals surface area contributed by atoms with E-state index in [4.69, 9.17) is 4.74 Å². The Morgan fingerprint density at radius 3 is 2.10 bits per heavy atom. The number of carbonyl (C=O) groups excluding carboxylic acids is 2. The summed E-state index contributed by atoms with van der Waals surface area (Å²) in [6.07, 6.45) is -0.00237. The number of hydrogen-bond acceptors (Lipinski definition) is 5. The van der Waals surface area contributed by atoms with Gasteiger partial charge in [0.15, 0.2) is 9.84 Å². The molecule has 160 valence electrons. The van der Waals surface area contributed by atoms with E-state index in [1.54, 1.807) is 54.6 Å². The Morgan fingerprint density at radius 1 is 0.903 bits per heavy atom. The van der Waals surface area contributed by atoms with Gasteiger partial charge in [-0.25, -0.2) is 13.2 Å². The van der Waals surface area contributed by atoms with Gasteiger partial charge in [-0.05, 0) is 36.8 Å². The molecule has 1 amide bonds. The Kier molecular flexibility index (Phi) is 6.87. The molecule has 1 N–H and O–H groups in total. The summed E-state index contributed by atoms with van der Waals surface area (Å²) in [6, 6.07) is 22.1. The molecule has 0 fully saturated rings. The first-order valence-corrected chi connectivity index (χ1v) is 11.7. The van der Waals surface area contributed by atoms with Crippen LogP contribution in [0.1, 0.15) is 33.2 Å². The van der Waals surface area contributed by atoms with Gasteiger partial charge < -0.3 is 10.1 Å². The van der Waals surface area contributed by atoms with Crippen LogP contribution in [0.25, 0.3) is 0 Å². The van der Waals surface area contributed by atoms with E-state index in [0.717, 1.165) is 11.8 Å². The fourth-order valence-electron chi connectivity index (χ4n) is 2.96.